The Morgan fingerprint density at radius 3 is 0.736 bits per heavy atom. The van der Waals surface area contributed by atoms with E-state index in [9.17, 15) is 33.6 Å². The summed E-state index contributed by atoms with van der Waals surface area (Å²) in [6.45, 7) is 22.1. The summed E-state index contributed by atoms with van der Waals surface area (Å²) >= 11 is 0. The maximum atomic E-state index is 14.3. The number of hydrogen-bond acceptors (Lipinski definition) is 22. The van der Waals surface area contributed by atoms with Crippen LogP contribution in [-0.2, 0) is 105 Å². The second-order valence-electron chi connectivity index (χ2n) is 23.2. The van der Waals surface area contributed by atoms with Crippen molar-refractivity contribution < 1.29 is 105 Å². The van der Waals surface area contributed by atoms with Gasteiger partial charge >= 0.3 is 41.8 Å². The van der Waals surface area contributed by atoms with Crippen LogP contribution in [0.15, 0.2) is 12.7 Å². The maximum absolute atomic E-state index is 14.3. The van der Waals surface area contributed by atoms with Gasteiger partial charge in [0, 0.05) is 0 Å². The van der Waals surface area contributed by atoms with Crippen molar-refractivity contribution in [1.29, 1.82) is 0 Å². The maximum Gasteiger partial charge on any atom is 0.319 e. The SMILES string of the molecule is C=CCOC(=O)C(C)(COC(=O)C(C)(COC(=O)C1(C)COC(C)(C)OC1)COC(=O)C1(C)COC(C)(C)OC1)COC(=O)C(C)(COC(=O)C1(C)COC(C)(C)OC1)COC(=O)C1(C)COC(C)(C)OC1. The minimum atomic E-state index is -1.96. The molecule has 22 nitrogen and oxygen atoms in total. The molecule has 0 unspecified atom stereocenters. The van der Waals surface area contributed by atoms with Crippen molar-refractivity contribution in [3.05, 3.63) is 12.7 Å². The molecule has 4 fully saturated rings. The van der Waals surface area contributed by atoms with Crippen molar-refractivity contribution in [3.8, 4) is 0 Å². The second kappa shape index (κ2) is 22.3. The van der Waals surface area contributed by atoms with E-state index in [1.807, 2.05) is 0 Å². The second-order valence-corrected chi connectivity index (χ2v) is 23.2. The molecule has 22 heteroatoms. The fourth-order valence-corrected chi connectivity index (χ4v) is 6.65. The fraction of sp³-hybridized carbons (Fsp3) is 0.820. The van der Waals surface area contributed by atoms with Crippen LogP contribution in [0.5, 0.6) is 0 Å². The van der Waals surface area contributed by atoms with Crippen LogP contribution in [0.25, 0.3) is 0 Å². The third-order valence-corrected chi connectivity index (χ3v) is 12.8. The van der Waals surface area contributed by atoms with Gasteiger partial charge in [-0.1, -0.05) is 12.7 Å². The number of ether oxygens (including phenoxy) is 15. The molecule has 0 amide bonds. The van der Waals surface area contributed by atoms with Gasteiger partial charge in [0.1, 0.15) is 84.2 Å². The van der Waals surface area contributed by atoms with E-state index in [4.69, 9.17) is 71.1 Å². The van der Waals surface area contributed by atoms with E-state index >= 15 is 0 Å². The van der Waals surface area contributed by atoms with E-state index in [0.29, 0.717) is 0 Å². The van der Waals surface area contributed by atoms with Crippen molar-refractivity contribution in [3.63, 3.8) is 0 Å². The molecule has 4 rings (SSSR count). The molecule has 410 valence electrons. The molecule has 0 aromatic rings. The number of carbonyl (C=O) groups is 7. The van der Waals surface area contributed by atoms with Crippen molar-refractivity contribution in [2.75, 3.05) is 99.1 Å². The molecule has 72 heavy (non-hydrogen) atoms. The summed E-state index contributed by atoms with van der Waals surface area (Å²) < 4.78 is 85.3. The zero-order valence-electron chi connectivity index (χ0n) is 44.9. The molecular formula is C50H78O22. The molecule has 0 N–H and O–H groups in total. The number of carbonyl (C=O) groups excluding carboxylic acids is 7. The molecular weight excluding hydrogens is 953 g/mol. The first-order valence-corrected chi connectivity index (χ1v) is 23.8. The molecule has 0 aromatic heterocycles. The molecule has 0 atom stereocenters. The van der Waals surface area contributed by atoms with Crippen LogP contribution in [0, 0.1) is 37.9 Å². The first kappa shape index (κ1) is 60.3. The van der Waals surface area contributed by atoms with E-state index in [1.54, 1.807) is 83.1 Å². The van der Waals surface area contributed by atoms with Gasteiger partial charge in [-0.3, -0.25) is 33.6 Å². The summed E-state index contributed by atoms with van der Waals surface area (Å²) in [5.41, 5.74) is -10.9. The Kier molecular flexibility index (Phi) is 18.6. The summed E-state index contributed by atoms with van der Waals surface area (Å²) in [4.78, 5) is 96.7. The standard InChI is InChI=1S/C50H78O22/c1-17-18-58-33(51)44(10,19-59-34(52)45(11,21-61-36(54)47(13)25-65-40(2,3)66-26-47)22-62-37(55)48(14)27-67-41(4,5)68-28-48)20-60-35(53)46(12,23-63-38(56)49(15)29-69-42(6,7)70-30-49)24-64-39(57)50(16)31-71-43(8,9)72-32-50/h17H,1,18-32H2,2-16H3. The molecule has 0 radical (unpaired) electrons. The zero-order chi connectivity index (χ0) is 54.5. The minimum Gasteiger partial charge on any atom is -0.464 e. The summed E-state index contributed by atoms with van der Waals surface area (Å²) in [7, 11) is 0. The van der Waals surface area contributed by atoms with Crippen LogP contribution >= 0.6 is 0 Å². The Morgan fingerprint density at radius 2 is 0.542 bits per heavy atom. The lowest BCUT2D eigenvalue weighted by Gasteiger charge is -2.41. The third-order valence-electron chi connectivity index (χ3n) is 12.8. The fourth-order valence-electron chi connectivity index (χ4n) is 6.65. The van der Waals surface area contributed by atoms with Gasteiger partial charge in [-0.05, 0) is 104 Å². The van der Waals surface area contributed by atoms with Gasteiger partial charge < -0.3 is 71.1 Å². The Morgan fingerprint density at radius 1 is 0.361 bits per heavy atom. The predicted octanol–water partition coefficient (Wildman–Crippen LogP) is 4.15. The van der Waals surface area contributed by atoms with Crippen LogP contribution in [0.1, 0.15) is 104 Å². The Labute approximate surface area is 422 Å². The zero-order valence-corrected chi connectivity index (χ0v) is 44.9. The van der Waals surface area contributed by atoms with E-state index in [2.05, 4.69) is 6.58 Å². The summed E-state index contributed by atoms with van der Waals surface area (Å²) in [5.74, 6) is -10.1. The van der Waals surface area contributed by atoms with Crippen molar-refractivity contribution in [2.24, 2.45) is 37.9 Å². The van der Waals surface area contributed by atoms with Crippen LogP contribution in [-0.4, -0.2) is 164 Å². The van der Waals surface area contributed by atoms with Gasteiger partial charge in [0.05, 0.1) is 52.9 Å². The Bertz CT molecular complexity index is 1750. The molecule has 0 aromatic carbocycles. The van der Waals surface area contributed by atoms with E-state index in [-0.39, 0.29) is 59.5 Å². The Balaban J connectivity index is 1.57. The van der Waals surface area contributed by atoms with E-state index in [0.717, 1.165) is 0 Å². The van der Waals surface area contributed by atoms with Crippen LogP contribution in [0.3, 0.4) is 0 Å². The average Bonchev–Trinajstić information content (AvgIpc) is 3.32. The quantitative estimate of drug-likeness (QED) is 0.0888. The lowest BCUT2D eigenvalue weighted by atomic mass is 9.89. The van der Waals surface area contributed by atoms with Crippen LogP contribution < -0.4 is 0 Å². The molecule has 4 heterocycles. The highest BCUT2D eigenvalue weighted by Crippen LogP contribution is 2.37. The minimum absolute atomic E-state index is 0.0684. The number of hydrogen-bond donors (Lipinski definition) is 0. The van der Waals surface area contributed by atoms with E-state index in [1.165, 1.54) is 26.8 Å². The van der Waals surface area contributed by atoms with Gasteiger partial charge in [-0.25, -0.2) is 0 Å². The molecule has 4 saturated heterocycles. The molecule has 0 aliphatic carbocycles. The largest absolute Gasteiger partial charge is 0.464 e. The highest BCUT2D eigenvalue weighted by molar-refractivity contribution is 5.84. The normalized spacial score (nSPS) is 22.7. The first-order valence-electron chi connectivity index (χ1n) is 23.8. The van der Waals surface area contributed by atoms with Crippen LogP contribution in [0.4, 0.5) is 0 Å². The van der Waals surface area contributed by atoms with Crippen molar-refractivity contribution in [1.82, 2.24) is 0 Å². The number of esters is 7. The molecule has 4 aliphatic rings. The topological polar surface area (TPSA) is 258 Å². The van der Waals surface area contributed by atoms with Crippen LogP contribution in [0.2, 0.25) is 0 Å². The lowest BCUT2D eigenvalue weighted by Crippen LogP contribution is -2.52. The van der Waals surface area contributed by atoms with Crippen molar-refractivity contribution in [2.45, 2.75) is 127 Å². The summed E-state index contributed by atoms with van der Waals surface area (Å²) in [6.07, 6.45) is 1.29. The van der Waals surface area contributed by atoms with Gasteiger partial charge in [-0.2, -0.15) is 0 Å². The summed E-state index contributed by atoms with van der Waals surface area (Å²) in [6, 6.07) is 0. The molecule has 0 spiro atoms. The molecule has 0 saturated carbocycles. The van der Waals surface area contributed by atoms with Crippen molar-refractivity contribution >= 4 is 41.8 Å². The van der Waals surface area contributed by atoms with Gasteiger partial charge in [0.2, 0.25) is 0 Å². The molecule has 4 aliphatic heterocycles. The number of rotatable bonds is 21. The van der Waals surface area contributed by atoms with Gasteiger partial charge in [-0.15, -0.1) is 0 Å². The third kappa shape index (κ3) is 15.4. The lowest BCUT2D eigenvalue weighted by molar-refractivity contribution is -0.283. The van der Waals surface area contributed by atoms with E-state index < -0.39 is 142 Å². The average molecular weight is 1030 g/mol. The highest BCUT2D eigenvalue weighted by Gasteiger charge is 2.52. The predicted molar refractivity (Wildman–Crippen MR) is 248 cm³/mol. The summed E-state index contributed by atoms with van der Waals surface area (Å²) in [5, 5.41) is 0. The Hall–Kier alpha value is -4.29. The van der Waals surface area contributed by atoms with Gasteiger partial charge in [0.25, 0.3) is 0 Å². The van der Waals surface area contributed by atoms with Gasteiger partial charge in [0.15, 0.2) is 23.1 Å². The smallest absolute Gasteiger partial charge is 0.319 e. The molecule has 0 bridgehead atoms. The highest BCUT2D eigenvalue weighted by atomic mass is 16.7. The first-order chi connectivity index (χ1) is 32.9. The monoisotopic (exact) mass is 1030 g/mol.